The second kappa shape index (κ2) is 5.65. The molecule has 0 aliphatic heterocycles. The summed E-state index contributed by atoms with van der Waals surface area (Å²) in [6, 6.07) is 3.11. The molecule has 0 aromatic carbocycles. The lowest BCUT2D eigenvalue weighted by atomic mass is 10.1. The fraction of sp³-hybridized carbons (Fsp3) is 0.455. The minimum Gasteiger partial charge on any atom is -0.456 e. The molecular weight excluding hydrogens is 224 g/mol. The number of nitrogens with one attached hydrogen (secondary N) is 1. The molecule has 1 aromatic heterocycles. The van der Waals surface area contributed by atoms with Gasteiger partial charge in [-0.2, -0.15) is 0 Å². The molecule has 3 N–H and O–H groups in total. The summed E-state index contributed by atoms with van der Waals surface area (Å²) in [5.41, 5.74) is 5.54. The standard InChI is InChI=1S/C11H16N2O2S/c1-3-4-8(10(12)16)13-11(14)9-6-5-7(2)15-9/h5-6,8H,3-4H2,1-2H3,(H2,12,16)(H,13,14). The van der Waals surface area contributed by atoms with Crippen LogP contribution in [0.2, 0.25) is 0 Å². The quantitative estimate of drug-likeness (QED) is 0.770. The molecule has 0 radical (unpaired) electrons. The first-order chi connectivity index (χ1) is 7.54. The van der Waals surface area contributed by atoms with Gasteiger partial charge in [-0.3, -0.25) is 4.79 Å². The highest BCUT2D eigenvalue weighted by Gasteiger charge is 2.17. The van der Waals surface area contributed by atoms with Crippen molar-refractivity contribution in [2.24, 2.45) is 5.73 Å². The zero-order valence-electron chi connectivity index (χ0n) is 9.45. The lowest BCUT2D eigenvalue weighted by molar-refractivity contribution is 0.0916. The van der Waals surface area contributed by atoms with Crippen LogP contribution in [0.15, 0.2) is 16.5 Å². The maximum absolute atomic E-state index is 11.7. The van der Waals surface area contributed by atoms with E-state index in [1.54, 1.807) is 19.1 Å². The van der Waals surface area contributed by atoms with Gasteiger partial charge in [-0.05, 0) is 25.5 Å². The number of carbonyl (C=O) groups excluding carboxylic acids is 1. The van der Waals surface area contributed by atoms with E-state index in [9.17, 15) is 4.79 Å². The van der Waals surface area contributed by atoms with Gasteiger partial charge in [-0.15, -0.1) is 0 Å². The molecule has 88 valence electrons. The first kappa shape index (κ1) is 12.7. The van der Waals surface area contributed by atoms with Gasteiger partial charge < -0.3 is 15.5 Å². The van der Waals surface area contributed by atoms with Crippen molar-refractivity contribution in [3.8, 4) is 0 Å². The minimum absolute atomic E-state index is 0.266. The molecule has 0 spiro atoms. The SMILES string of the molecule is CCCC(NC(=O)c1ccc(C)o1)C(N)=S. The molecule has 0 aliphatic rings. The van der Waals surface area contributed by atoms with Crippen molar-refractivity contribution in [2.75, 3.05) is 0 Å². The highest BCUT2D eigenvalue weighted by molar-refractivity contribution is 7.80. The summed E-state index contributed by atoms with van der Waals surface area (Å²) in [6.45, 7) is 3.79. The fourth-order valence-electron chi connectivity index (χ4n) is 1.36. The minimum atomic E-state index is -0.278. The van der Waals surface area contributed by atoms with Crippen molar-refractivity contribution in [3.63, 3.8) is 0 Å². The number of nitrogens with two attached hydrogens (primary N) is 1. The zero-order valence-corrected chi connectivity index (χ0v) is 10.3. The highest BCUT2D eigenvalue weighted by atomic mass is 32.1. The van der Waals surface area contributed by atoms with Gasteiger partial charge in [-0.25, -0.2) is 0 Å². The molecule has 1 rings (SSSR count). The molecule has 1 heterocycles. The fourth-order valence-corrected chi connectivity index (χ4v) is 1.54. The second-order valence-electron chi connectivity index (χ2n) is 3.63. The summed E-state index contributed by atoms with van der Waals surface area (Å²) in [4.78, 5) is 12.0. The van der Waals surface area contributed by atoms with Gasteiger partial charge in [0.2, 0.25) is 0 Å². The normalized spacial score (nSPS) is 12.1. The molecule has 16 heavy (non-hydrogen) atoms. The van der Waals surface area contributed by atoms with Gasteiger partial charge in [0.1, 0.15) is 5.76 Å². The molecule has 0 bridgehead atoms. The molecule has 0 saturated heterocycles. The molecule has 4 nitrogen and oxygen atoms in total. The van der Waals surface area contributed by atoms with E-state index in [0.717, 1.165) is 12.8 Å². The van der Waals surface area contributed by atoms with Gasteiger partial charge in [0.15, 0.2) is 5.76 Å². The Bertz CT molecular complexity index is 387. The Morgan fingerprint density at radius 1 is 1.62 bits per heavy atom. The van der Waals surface area contributed by atoms with Gasteiger partial charge >= 0.3 is 0 Å². The van der Waals surface area contributed by atoms with Crippen molar-refractivity contribution in [1.82, 2.24) is 5.32 Å². The summed E-state index contributed by atoms with van der Waals surface area (Å²) in [5, 5.41) is 2.75. The Balaban J connectivity index is 2.65. The van der Waals surface area contributed by atoms with Crippen molar-refractivity contribution in [2.45, 2.75) is 32.7 Å². The van der Waals surface area contributed by atoms with Crippen molar-refractivity contribution in [3.05, 3.63) is 23.7 Å². The molecule has 1 amide bonds. The maximum Gasteiger partial charge on any atom is 0.287 e. The van der Waals surface area contributed by atoms with Crippen LogP contribution < -0.4 is 11.1 Å². The third kappa shape index (κ3) is 3.34. The number of aryl methyl sites for hydroxylation is 1. The summed E-state index contributed by atoms with van der Waals surface area (Å²) in [7, 11) is 0. The average molecular weight is 240 g/mol. The van der Waals surface area contributed by atoms with E-state index in [2.05, 4.69) is 5.32 Å². The highest BCUT2D eigenvalue weighted by Crippen LogP contribution is 2.07. The third-order valence-corrected chi connectivity index (χ3v) is 2.47. The number of hydrogen-bond donors (Lipinski definition) is 2. The lowest BCUT2D eigenvalue weighted by Crippen LogP contribution is -2.43. The Morgan fingerprint density at radius 3 is 2.75 bits per heavy atom. The summed E-state index contributed by atoms with van der Waals surface area (Å²) in [6.07, 6.45) is 1.64. The Labute approximate surface area is 100 Å². The van der Waals surface area contributed by atoms with Crippen LogP contribution in [0.4, 0.5) is 0 Å². The number of hydrogen-bond acceptors (Lipinski definition) is 3. The average Bonchev–Trinajstić information content (AvgIpc) is 2.64. The predicted octanol–water partition coefficient (Wildman–Crippen LogP) is 1.77. The third-order valence-electron chi connectivity index (χ3n) is 2.19. The number of furan rings is 1. The van der Waals surface area contributed by atoms with Crippen LogP contribution >= 0.6 is 12.2 Å². The molecular formula is C11H16N2O2S. The van der Waals surface area contributed by atoms with E-state index < -0.39 is 0 Å². The van der Waals surface area contributed by atoms with Gasteiger partial charge in [0.05, 0.1) is 11.0 Å². The van der Waals surface area contributed by atoms with E-state index in [1.807, 2.05) is 6.92 Å². The van der Waals surface area contributed by atoms with E-state index in [-0.39, 0.29) is 17.7 Å². The van der Waals surface area contributed by atoms with Crippen molar-refractivity contribution in [1.29, 1.82) is 0 Å². The molecule has 0 saturated carbocycles. The van der Waals surface area contributed by atoms with E-state index in [1.165, 1.54) is 0 Å². The zero-order chi connectivity index (χ0) is 12.1. The topological polar surface area (TPSA) is 68.3 Å². The summed E-state index contributed by atoms with van der Waals surface area (Å²) < 4.78 is 5.21. The predicted molar refractivity (Wildman–Crippen MR) is 66.4 cm³/mol. The van der Waals surface area contributed by atoms with Crippen LogP contribution in [-0.2, 0) is 0 Å². The van der Waals surface area contributed by atoms with Gasteiger partial charge in [-0.1, -0.05) is 25.6 Å². The number of carbonyl (C=O) groups is 1. The Hall–Kier alpha value is -1.36. The first-order valence-electron chi connectivity index (χ1n) is 5.21. The maximum atomic E-state index is 11.7. The van der Waals surface area contributed by atoms with E-state index in [4.69, 9.17) is 22.4 Å². The van der Waals surface area contributed by atoms with Crippen LogP contribution in [-0.4, -0.2) is 16.9 Å². The van der Waals surface area contributed by atoms with E-state index in [0.29, 0.717) is 10.7 Å². The van der Waals surface area contributed by atoms with Gasteiger partial charge in [0.25, 0.3) is 5.91 Å². The molecule has 0 fully saturated rings. The largest absolute Gasteiger partial charge is 0.456 e. The summed E-state index contributed by atoms with van der Waals surface area (Å²) >= 11 is 4.89. The monoisotopic (exact) mass is 240 g/mol. The van der Waals surface area contributed by atoms with Crippen LogP contribution in [0.25, 0.3) is 0 Å². The first-order valence-corrected chi connectivity index (χ1v) is 5.62. The van der Waals surface area contributed by atoms with Gasteiger partial charge in [0, 0.05) is 0 Å². The molecule has 1 aromatic rings. The second-order valence-corrected chi connectivity index (χ2v) is 4.10. The van der Waals surface area contributed by atoms with Crippen LogP contribution in [0.5, 0.6) is 0 Å². The number of amides is 1. The smallest absolute Gasteiger partial charge is 0.287 e. The van der Waals surface area contributed by atoms with E-state index >= 15 is 0 Å². The van der Waals surface area contributed by atoms with Crippen LogP contribution in [0.1, 0.15) is 36.1 Å². The van der Waals surface area contributed by atoms with Crippen molar-refractivity contribution < 1.29 is 9.21 Å². The lowest BCUT2D eigenvalue weighted by Gasteiger charge is -2.15. The number of thiocarbonyl (C=S) groups is 1. The summed E-state index contributed by atoms with van der Waals surface area (Å²) in [5.74, 6) is 0.710. The number of rotatable bonds is 5. The molecule has 1 unspecified atom stereocenters. The Morgan fingerprint density at radius 2 is 2.31 bits per heavy atom. The molecule has 0 aliphatic carbocycles. The van der Waals surface area contributed by atoms with Crippen LogP contribution in [0.3, 0.4) is 0 Å². The Kier molecular flexibility index (Phi) is 4.49. The molecule has 1 atom stereocenters. The molecule has 5 heteroatoms. The van der Waals surface area contributed by atoms with Crippen LogP contribution in [0, 0.1) is 6.92 Å². The van der Waals surface area contributed by atoms with Crippen molar-refractivity contribution >= 4 is 23.1 Å².